The SMILES string of the molecule is C=C[C@H](C)[C@@H](OCOC)[C@H](C[C@H](C)Cc1cc(Br)cc(OCc2ccccc2)c1OC)OC. The van der Waals surface area contributed by atoms with Crippen molar-refractivity contribution in [3.63, 3.8) is 0 Å². The lowest BCUT2D eigenvalue weighted by Crippen LogP contribution is -2.37. The maximum Gasteiger partial charge on any atom is 0.164 e. The van der Waals surface area contributed by atoms with Crippen LogP contribution in [-0.4, -0.2) is 40.3 Å². The number of benzene rings is 2. The highest BCUT2D eigenvalue weighted by atomic mass is 79.9. The largest absolute Gasteiger partial charge is 0.493 e. The number of hydrogen-bond acceptors (Lipinski definition) is 5. The second-order valence-corrected chi connectivity index (χ2v) is 9.24. The van der Waals surface area contributed by atoms with Crippen molar-refractivity contribution < 1.29 is 23.7 Å². The quantitative estimate of drug-likeness (QED) is 0.200. The number of methoxy groups -OCH3 is 3. The summed E-state index contributed by atoms with van der Waals surface area (Å²) in [6.45, 7) is 8.91. The number of rotatable bonds is 15. The molecule has 2 aromatic rings. The van der Waals surface area contributed by atoms with Gasteiger partial charge in [0.1, 0.15) is 13.4 Å². The Balaban J connectivity index is 2.15. The number of hydrogen-bond donors (Lipinski definition) is 0. The molecule has 0 bridgehead atoms. The van der Waals surface area contributed by atoms with Gasteiger partial charge in [-0.3, -0.25) is 0 Å². The maximum absolute atomic E-state index is 6.12. The molecule has 0 saturated heterocycles. The van der Waals surface area contributed by atoms with Crippen molar-refractivity contribution in [1.82, 2.24) is 0 Å². The zero-order chi connectivity index (χ0) is 24.2. The van der Waals surface area contributed by atoms with Gasteiger partial charge in [-0.1, -0.05) is 66.2 Å². The minimum Gasteiger partial charge on any atom is -0.493 e. The molecule has 0 amide bonds. The summed E-state index contributed by atoms with van der Waals surface area (Å²) >= 11 is 3.63. The number of halogens is 1. The summed E-state index contributed by atoms with van der Waals surface area (Å²) in [6, 6.07) is 14.2. The van der Waals surface area contributed by atoms with E-state index in [0.29, 0.717) is 12.5 Å². The first-order chi connectivity index (χ1) is 15.9. The molecule has 6 heteroatoms. The molecule has 5 nitrogen and oxygen atoms in total. The summed E-state index contributed by atoms with van der Waals surface area (Å²) in [6.07, 6.45) is 3.30. The highest BCUT2D eigenvalue weighted by molar-refractivity contribution is 9.10. The summed E-state index contributed by atoms with van der Waals surface area (Å²) in [7, 11) is 5.04. The van der Waals surface area contributed by atoms with Crippen LogP contribution in [0.1, 0.15) is 31.4 Å². The summed E-state index contributed by atoms with van der Waals surface area (Å²) in [5, 5.41) is 0. The topological polar surface area (TPSA) is 46.2 Å². The minimum absolute atomic E-state index is 0.0879. The van der Waals surface area contributed by atoms with Gasteiger partial charge in [0.25, 0.3) is 0 Å². The predicted octanol–water partition coefficient (Wildman–Crippen LogP) is 6.43. The van der Waals surface area contributed by atoms with Crippen molar-refractivity contribution in [3.8, 4) is 11.5 Å². The lowest BCUT2D eigenvalue weighted by Gasteiger charge is -2.31. The van der Waals surface area contributed by atoms with Gasteiger partial charge in [-0.2, -0.15) is 0 Å². The van der Waals surface area contributed by atoms with E-state index in [2.05, 4.69) is 42.4 Å². The van der Waals surface area contributed by atoms with Gasteiger partial charge in [0.15, 0.2) is 11.5 Å². The van der Waals surface area contributed by atoms with E-state index in [1.165, 1.54) is 0 Å². The summed E-state index contributed by atoms with van der Waals surface area (Å²) in [5.74, 6) is 1.94. The molecule has 0 aliphatic heterocycles. The first kappa shape index (κ1) is 27.4. The lowest BCUT2D eigenvalue weighted by atomic mass is 9.89. The van der Waals surface area contributed by atoms with E-state index in [0.717, 1.165) is 39.9 Å². The highest BCUT2D eigenvalue weighted by Crippen LogP contribution is 2.37. The van der Waals surface area contributed by atoms with Crippen LogP contribution in [-0.2, 0) is 27.2 Å². The van der Waals surface area contributed by atoms with E-state index < -0.39 is 0 Å². The summed E-state index contributed by atoms with van der Waals surface area (Å²) in [4.78, 5) is 0. The minimum atomic E-state index is -0.135. The second kappa shape index (κ2) is 14.4. The van der Waals surface area contributed by atoms with Crippen LogP contribution in [0, 0.1) is 11.8 Å². The fraction of sp³-hybridized carbons (Fsp3) is 0.481. The lowest BCUT2D eigenvalue weighted by molar-refractivity contribution is -0.136. The molecule has 2 rings (SSSR count). The average Bonchev–Trinajstić information content (AvgIpc) is 2.82. The van der Waals surface area contributed by atoms with E-state index >= 15 is 0 Å². The molecule has 0 aliphatic rings. The van der Waals surface area contributed by atoms with Crippen molar-refractivity contribution >= 4 is 15.9 Å². The molecule has 0 aliphatic carbocycles. The van der Waals surface area contributed by atoms with E-state index in [4.69, 9.17) is 23.7 Å². The van der Waals surface area contributed by atoms with Gasteiger partial charge in [-0.25, -0.2) is 0 Å². The van der Waals surface area contributed by atoms with Crippen LogP contribution < -0.4 is 9.47 Å². The van der Waals surface area contributed by atoms with E-state index in [1.54, 1.807) is 21.3 Å². The normalized spacial score (nSPS) is 14.8. The van der Waals surface area contributed by atoms with Crippen molar-refractivity contribution in [3.05, 3.63) is 70.7 Å². The first-order valence-electron chi connectivity index (χ1n) is 11.2. The molecule has 182 valence electrons. The van der Waals surface area contributed by atoms with E-state index in [9.17, 15) is 0 Å². The molecule has 0 radical (unpaired) electrons. The van der Waals surface area contributed by atoms with Crippen LogP contribution in [0.5, 0.6) is 11.5 Å². The fourth-order valence-electron chi connectivity index (χ4n) is 3.95. The summed E-state index contributed by atoms with van der Waals surface area (Å²) in [5.41, 5.74) is 2.19. The third kappa shape index (κ3) is 8.45. The Hall–Kier alpha value is -1.86. The molecule has 0 N–H and O–H groups in total. The third-order valence-corrected chi connectivity index (χ3v) is 6.14. The molecule has 4 atom stereocenters. The Morgan fingerprint density at radius 3 is 2.39 bits per heavy atom. The van der Waals surface area contributed by atoms with Crippen LogP contribution in [0.2, 0.25) is 0 Å². The summed E-state index contributed by atoms with van der Waals surface area (Å²) < 4.78 is 29.8. The Kier molecular flexibility index (Phi) is 12.0. The average molecular weight is 521 g/mol. The van der Waals surface area contributed by atoms with Crippen molar-refractivity contribution in [2.24, 2.45) is 11.8 Å². The molecule has 0 heterocycles. The zero-order valence-electron chi connectivity index (χ0n) is 20.4. The maximum atomic E-state index is 6.12. The van der Waals surface area contributed by atoms with E-state index in [-0.39, 0.29) is 24.9 Å². The zero-order valence-corrected chi connectivity index (χ0v) is 22.0. The molecular formula is C27H37BrO5. The highest BCUT2D eigenvalue weighted by Gasteiger charge is 2.28. The molecule has 0 fully saturated rings. The molecule has 0 unspecified atom stereocenters. The Labute approximate surface area is 207 Å². The van der Waals surface area contributed by atoms with Gasteiger partial charge < -0.3 is 23.7 Å². The van der Waals surface area contributed by atoms with Crippen molar-refractivity contribution in [1.29, 1.82) is 0 Å². The van der Waals surface area contributed by atoms with Gasteiger partial charge in [0, 0.05) is 24.6 Å². The van der Waals surface area contributed by atoms with Crippen LogP contribution >= 0.6 is 15.9 Å². The monoisotopic (exact) mass is 520 g/mol. The van der Waals surface area contributed by atoms with Crippen LogP contribution in [0.3, 0.4) is 0 Å². The molecule has 0 saturated carbocycles. The predicted molar refractivity (Wildman–Crippen MR) is 136 cm³/mol. The van der Waals surface area contributed by atoms with Crippen LogP contribution in [0.25, 0.3) is 0 Å². The Bertz CT molecular complexity index is 842. The van der Waals surface area contributed by atoms with Gasteiger partial charge in [0.2, 0.25) is 0 Å². The van der Waals surface area contributed by atoms with E-state index in [1.807, 2.05) is 42.5 Å². The fourth-order valence-corrected chi connectivity index (χ4v) is 4.43. The van der Waals surface area contributed by atoms with Crippen molar-refractivity contribution in [2.75, 3.05) is 28.1 Å². The van der Waals surface area contributed by atoms with Crippen LogP contribution in [0.15, 0.2) is 59.6 Å². The Morgan fingerprint density at radius 1 is 1.06 bits per heavy atom. The van der Waals surface area contributed by atoms with Crippen LogP contribution in [0.4, 0.5) is 0 Å². The molecular weight excluding hydrogens is 484 g/mol. The molecule has 2 aromatic carbocycles. The molecule has 33 heavy (non-hydrogen) atoms. The smallest absolute Gasteiger partial charge is 0.164 e. The first-order valence-corrected chi connectivity index (χ1v) is 12.0. The van der Waals surface area contributed by atoms with Gasteiger partial charge >= 0.3 is 0 Å². The van der Waals surface area contributed by atoms with Gasteiger partial charge in [-0.15, -0.1) is 6.58 Å². The van der Waals surface area contributed by atoms with Gasteiger partial charge in [-0.05, 0) is 42.0 Å². The van der Waals surface area contributed by atoms with Gasteiger partial charge in [0.05, 0.1) is 19.3 Å². The standard InChI is InChI=1S/C27H37BrO5/c1-7-20(3)26(33-18-29-4)24(30-5)14-19(2)13-22-15-23(28)16-25(27(22)31-6)32-17-21-11-9-8-10-12-21/h7-12,15-16,19-20,24,26H,1,13-14,17-18H2,2-6H3/t19-,20+,24+,26-/m1/s1. The molecule has 0 spiro atoms. The second-order valence-electron chi connectivity index (χ2n) is 8.32. The van der Waals surface area contributed by atoms with Crippen molar-refractivity contribution in [2.45, 2.75) is 45.5 Å². The third-order valence-electron chi connectivity index (χ3n) is 5.68. The Morgan fingerprint density at radius 2 is 1.79 bits per heavy atom. The molecule has 0 aromatic heterocycles. The number of ether oxygens (including phenoxy) is 5.